The summed E-state index contributed by atoms with van der Waals surface area (Å²) >= 11 is 1.77. The Hall–Kier alpha value is -1.83. The van der Waals surface area contributed by atoms with Gasteiger partial charge in [0.25, 0.3) is 0 Å². The lowest BCUT2D eigenvalue weighted by atomic mass is 10.0. The lowest BCUT2D eigenvalue weighted by Crippen LogP contribution is -2.24. The number of ether oxygens (including phenoxy) is 1. The number of hydrogen-bond acceptors (Lipinski definition) is 4. The van der Waals surface area contributed by atoms with Crippen molar-refractivity contribution in [2.45, 2.75) is 26.4 Å². The van der Waals surface area contributed by atoms with E-state index >= 15 is 0 Å². The molecule has 0 bridgehead atoms. The van der Waals surface area contributed by atoms with Crippen LogP contribution in [0.5, 0.6) is 5.75 Å². The number of thiophene rings is 1. The zero-order valence-electron chi connectivity index (χ0n) is 12.6. The van der Waals surface area contributed by atoms with E-state index in [2.05, 4.69) is 42.7 Å². The average molecular weight is 300 g/mol. The Morgan fingerprint density at radius 1 is 1.33 bits per heavy atom. The predicted octanol–water partition coefficient (Wildman–Crippen LogP) is 4.12. The van der Waals surface area contributed by atoms with Crippen LogP contribution in [0.4, 0.5) is 0 Å². The van der Waals surface area contributed by atoms with Crippen LogP contribution in [0, 0.1) is 17.2 Å². The fourth-order valence-corrected chi connectivity index (χ4v) is 3.29. The molecule has 2 aromatic rings. The molecule has 0 fully saturated rings. The van der Waals surface area contributed by atoms with E-state index in [4.69, 9.17) is 10.00 Å². The first-order valence-corrected chi connectivity index (χ1v) is 7.87. The van der Waals surface area contributed by atoms with Crippen molar-refractivity contribution in [3.63, 3.8) is 0 Å². The van der Waals surface area contributed by atoms with Gasteiger partial charge in [-0.25, -0.2) is 0 Å². The smallest absolute Gasteiger partial charge is 0.136 e. The van der Waals surface area contributed by atoms with Gasteiger partial charge < -0.3 is 10.1 Å². The molecule has 1 heterocycles. The van der Waals surface area contributed by atoms with Gasteiger partial charge in [0.05, 0.1) is 12.7 Å². The van der Waals surface area contributed by atoms with Crippen LogP contribution >= 0.6 is 11.3 Å². The van der Waals surface area contributed by atoms with E-state index in [0.29, 0.717) is 23.3 Å². The maximum atomic E-state index is 9.14. The van der Waals surface area contributed by atoms with Crippen molar-refractivity contribution in [1.29, 1.82) is 5.26 Å². The predicted molar refractivity (Wildman–Crippen MR) is 86.4 cm³/mol. The summed E-state index contributed by atoms with van der Waals surface area (Å²) < 4.78 is 5.17. The van der Waals surface area contributed by atoms with Crippen molar-refractivity contribution in [2.75, 3.05) is 7.11 Å². The molecule has 21 heavy (non-hydrogen) atoms. The summed E-state index contributed by atoms with van der Waals surface area (Å²) in [5.74, 6) is 1.14. The molecule has 1 aromatic carbocycles. The maximum Gasteiger partial charge on any atom is 0.136 e. The molecule has 0 aliphatic carbocycles. The van der Waals surface area contributed by atoms with Gasteiger partial charge in [-0.15, -0.1) is 11.3 Å². The van der Waals surface area contributed by atoms with Crippen LogP contribution in [0.3, 0.4) is 0 Å². The second kappa shape index (κ2) is 7.26. The number of rotatable bonds is 6. The minimum atomic E-state index is 0.331. The summed E-state index contributed by atoms with van der Waals surface area (Å²) in [5, 5.41) is 14.8. The number of hydrogen-bond donors (Lipinski definition) is 1. The molecule has 0 spiro atoms. The SMILES string of the molecule is COc1ccc(CNC(c2cccs2)C(C)C)cc1C#N. The quantitative estimate of drug-likeness (QED) is 0.873. The molecule has 110 valence electrons. The number of methoxy groups -OCH3 is 1. The van der Waals surface area contributed by atoms with Gasteiger partial charge in [-0.3, -0.25) is 0 Å². The summed E-state index contributed by atoms with van der Waals surface area (Å²) in [6.45, 7) is 5.16. The van der Waals surface area contributed by atoms with Crippen LogP contribution in [0.25, 0.3) is 0 Å². The van der Waals surface area contributed by atoms with E-state index in [9.17, 15) is 0 Å². The van der Waals surface area contributed by atoms with Crippen molar-refractivity contribution < 1.29 is 4.74 Å². The first-order chi connectivity index (χ1) is 10.2. The third kappa shape index (κ3) is 3.84. The highest BCUT2D eigenvalue weighted by atomic mass is 32.1. The Kier molecular flexibility index (Phi) is 5.38. The molecule has 1 unspecified atom stereocenters. The van der Waals surface area contributed by atoms with Gasteiger partial charge >= 0.3 is 0 Å². The van der Waals surface area contributed by atoms with Gasteiger partial charge in [-0.2, -0.15) is 5.26 Å². The number of nitrogens with one attached hydrogen (secondary N) is 1. The lowest BCUT2D eigenvalue weighted by molar-refractivity contribution is 0.410. The van der Waals surface area contributed by atoms with E-state index in [0.717, 1.165) is 12.1 Å². The maximum absolute atomic E-state index is 9.14. The van der Waals surface area contributed by atoms with Gasteiger partial charge in [-0.05, 0) is 35.1 Å². The monoisotopic (exact) mass is 300 g/mol. The first-order valence-electron chi connectivity index (χ1n) is 6.99. The molecule has 0 radical (unpaired) electrons. The molecule has 2 rings (SSSR count). The summed E-state index contributed by atoms with van der Waals surface area (Å²) in [7, 11) is 1.58. The molecule has 0 saturated carbocycles. The highest BCUT2D eigenvalue weighted by Gasteiger charge is 2.16. The molecule has 1 atom stereocenters. The molecule has 0 saturated heterocycles. The number of nitriles is 1. The zero-order chi connectivity index (χ0) is 15.2. The summed E-state index contributed by atoms with van der Waals surface area (Å²) in [4.78, 5) is 1.35. The molecular formula is C17H20N2OS. The first kappa shape index (κ1) is 15.6. The fraction of sp³-hybridized carbons (Fsp3) is 0.353. The molecule has 0 aliphatic rings. The summed E-state index contributed by atoms with van der Waals surface area (Å²) in [6, 6.07) is 12.5. The van der Waals surface area contributed by atoms with Gasteiger partial charge in [0.1, 0.15) is 11.8 Å². The Balaban J connectivity index is 2.10. The van der Waals surface area contributed by atoms with E-state index in [1.807, 2.05) is 18.2 Å². The Morgan fingerprint density at radius 2 is 2.14 bits per heavy atom. The van der Waals surface area contributed by atoms with Crippen LogP contribution in [0.1, 0.15) is 35.9 Å². The number of benzene rings is 1. The molecule has 3 nitrogen and oxygen atoms in total. The van der Waals surface area contributed by atoms with Crippen LogP contribution < -0.4 is 10.1 Å². The van der Waals surface area contributed by atoms with Gasteiger partial charge in [0.2, 0.25) is 0 Å². The van der Waals surface area contributed by atoms with Crippen molar-refractivity contribution in [1.82, 2.24) is 5.32 Å². The summed E-state index contributed by atoms with van der Waals surface area (Å²) in [6.07, 6.45) is 0. The van der Waals surface area contributed by atoms with Crippen molar-refractivity contribution >= 4 is 11.3 Å². The number of nitrogens with zero attached hydrogens (tertiary/aromatic N) is 1. The normalized spacial score (nSPS) is 12.1. The average Bonchev–Trinajstić information content (AvgIpc) is 3.01. The van der Waals surface area contributed by atoms with Crippen molar-refractivity contribution in [2.24, 2.45) is 5.92 Å². The van der Waals surface area contributed by atoms with E-state index in [1.165, 1.54) is 4.88 Å². The molecule has 0 aliphatic heterocycles. The highest BCUT2D eigenvalue weighted by Crippen LogP contribution is 2.26. The van der Waals surface area contributed by atoms with E-state index in [1.54, 1.807) is 18.4 Å². The topological polar surface area (TPSA) is 45.0 Å². The van der Waals surface area contributed by atoms with Gasteiger partial charge in [0.15, 0.2) is 0 Å². The van der Waals surface area contributed by atoms with Crippen LogP contribution in [0.15, 0.2) is 35.7 Å². The van der Waals surface area contributed by atoms with E-state index in [-0.39, 0.29) is 0 Å². The Labute approximate surface area is 130 Å². The van der Waals surface area contributed by atoms with Gasteiger partial charge in [0, 0.05) is 17.5 Å². The zero-order valence-corrected chi connectivity index (χ0v) is 13.4. The minimum absolute atomic E-state index is 0.331. The van der Waals surface area contributed by atoms with E-state index < -0.39 is 0 Å². The molecular weight excluding hydrogens is 280 g/mol. The third-order valence-electron chi connectivity index (χ3n) is 3.43. The molecule has 4 heteroatoms. The Bertz CT molecular complexity index is 614. The summed E-state index contributed by atoms with van der Waals surface area (Å²) in [5.41, 5.74) is 1.67. The van der Waals surface area contributed by atoms with Gasteiger partial charge in [-0.1, -0.05) is 26.0 Å². The standard InChI is InChI=1S/C17H20N2OS/c1-12(2)17(16-5-4-8-21-16)19-11-13-6-7-15(20-3)14(9-13)10-18/h4-9,12,17,19H,11H2,1-3H3. The molecule has 0 amide bonds. The van der Waals surface area contributed by atoms with Crippen molar-refractivity contribution in [3.05, 3.63) is 51.7 Å². The van der Waals surface area contributed by atoms with Crippen LogP contribution in [0.2, 0.25) is 0 Å². The van der Waals surface area contributed by atoms with Crippen LogP contribution in [-0.4, -0.2) is 7.11 Å². The Morgan fingerprint density at radius 3 is 2.71 bits per heavy atom. The lowest BCUT2D eigenvalue weighted by Gasteiger charge is -2.21. The molecule has 1 N–H and O–H groups in total. The minimum Gasteiger partial charge on any atom is -0.495 e. The second-order valence-corrected chi connectivity index (χ2v) is 6.24. The van der Waals surface area contributed by atoms with Crippen molar-refractivity contribution in [3.8, 4) is 11.8 Å². The van der Waals surface area contributed by atoms with Crippen LogP contribution in [-0.2, 0) is 6.54 Å². The second-order valence-electron chi connectivity index (χ2n) is 5.26. The largest absolute Gasteiger partial charge is 0.495 e. The highest BCUT2D eigenvalue weighted by molar-refractivity contribution is 7.10. The molecule has 1 aromatic heterocycles. The third-order valence-corrected chi connectivity index (χ3v) is 4.38. The fourth-order valence-electron chi connectivity index (χ4n) is 2.31.